The summed E-state index contributed by atoms with van der Waals surface area (Å²) in [6.45, 7) is 4.05. The van der Waals surface area contributed by atoms with Gasteiger partial charge in [0.15, 0.2) is 0 Å². The summed E-state index contributed by atoms with van der Waals surface area (Å²) in [5, 5.41) is 0. The molecular weight excluding hydrogens is 320 g/mol. The second kappa shape index (κ2) is 6.68. The van der Waals surface area contributed by atoms with Crippen molar-refractivity contribution in [3.8, 4) is 5.75 Å². The molecule has 0 aliphatic carbocycles. The number of hydrogen-bond acceptors (Lipinski definition) is 6. The van der Waals surface area contributed by atoms with E-state index in [1.54, 1.807) is 36.3 Å². The summed E-state index contributed by atoms with van der Waals surface area (Å²) in [7, 11) is 1.61. The third kappa shape index (κ3) is 3.15. The molecule has 130 valence electrons. The molecule has 0 bridgehead atoms. The smallest absolute Gasteiger partial charge is 0.254 e. The minimum Gasteiger partial charge on any atom is -0.497 e. The van der Waals surface area contributed by atoms with E-state index in [4.69, 9.17) is 9.47 Å². The van der Waals surface area contributed by atoms with Gasteiger partial charge in [0.05, 0.1) is 32.6 Å². The monoisotopic (exact) mass is 340 g/mol. The van der Waals surface area contributed by atoms with E-state index in [0.29, 0.717) is 31.9 Å². The molecule has 1 aromatic heterocycles. The summed E-state index contributed by atoms with van der Waals surface area (Å²) in [6.07, 6.45) is 1.84. The van der Waals surface area contributed by atoms with E-state index in [1.165, 1.54) is 0 Å². The lowest BCUT2D eigenvalue weighted by Gasteiger charge is -2.26. The predicted molar refractivity (Wildman–Crippen MR) is 91.6 cm³/mol. The van der Waals surface area contributed by atoms with E-state index in [-0.39, 0.29) is 5.91 Å². The van der Waals surface area contributed by atoms with Gasteiger partial charge in [-0.1, -0.05) is 0 Å². The number of nitrogens with zero attached hydrogens (tertiary/aromatic N) is 4. The number of carbonyl (C=O) groups excluding carboxylic acids is 1. The van der Waals surface area contributed by atoms with Crippen LogP contribution in [0.1, 0.15) is 21.6 Å². The first-order chi connectivity index (χ1) is 12.2. The van der Waals surface area contributed by atoms with E-state index < -0.39 is 0 Å². The largest absolute Gasteiger partial charge is 0.497 e. The summed E-state index contributed by atoms with van der Waals surface area (Å²) in [5.41, 5.74) is 2.59. The van der Waals surface area contributed by atoms with Gasteiger partial charge < -0.3 is 19.3 Å². The molecule has 0 radical (unpaired) electrons. The van der Waals surface area contributed by atoms with Crippen molar-refractivity contribution in [2.24, 2.45) is 0 Å². The van der Waals surface area contributed by atoms with Crippen molar-refractivity contribution in [1.29, 1.82) is 0 Å². The molecule has 1 fully saturated rings. The van der Waals surface area contributed by atoms with Crippen molar-refractivity contribution in [3.63, 3.8) is 0 Å². The first-order valence-electron chi connectivity index (χ1n) is 8.35. The van der Waals surface area contributed by atoms with E-state index >= 15 is 0 Å². The fraction of sp³-hybridized carbons (Fsp3) is 0.389. The number of amides is 1. The molecule has 1 amide bonds. The van der Waals surface area contributed by atoms with Crippen LogP contribution in [-0.2, 0) is 17.8 Å². The molecule has 1 saturated heterocycles. The maximum absolute atomic E-state index is 12.7. The number of rotatable bonds is 3. The fourth-order valence-corrected chi connectivity index (χ4v) is 3.12. The molecule has 2 aromatic rings. The molecule has 7 nitrogen and oxygen atoms in total. The summed E-state index contributed by atoms with van der Waals surface area (Å²) < 4.78 is 10.5. The minimum absolute atomic E-state index is 0.00595. The van der Waals surface area contributed by atoms with Crippen LogP contribution in [-0.4, -0.2) is 54.2 Å². The molecule has 4 rings (SSSR count). The average molecular weight is 340 g/mol. The molecule has 0 atom stereocenters. The van der Waals surface area contributed by atoms with Gasteiger partial charge in [-0.15, -0.1) is 0 Å². The Labute approximate surface area is 146 Å². The molecule has 0 unspecified atom stereocenters. The standard InChI is InChI=1S/C18H20N4O3/c1-24-15-4-2-13(3-5-15)17(23)22-11-14-10-19-18(20-16(14)12-22)21-6-8-25-9-7-21/h2-5,10H,6-9,11-12H2,1H3. The van der Waals surface area contributed by atoms with Crippen LogP contribution < -0.4 is 9.64 Å². The number of methoxy groups -OCH3 is 1. The Bertz CT molecular complexity index is 772. The lowest BCUT2D eigenvalue weighted by atomic mass is 10.2. The number of fused-ring (bicyclic) bond motifs is 1. The van der Waals surface area contributed by atoms with Gasteiger partial charge in [0.2, 0.25) is 5.95 Å². The van der Waals surface area contributed by atoms with Crippen LogP contribution in [0.2, 0.25) is 0 Å². The van der Waals surface area contributed by atoms with Gasteiger partial charge in [0, 0.05) is 37.0 Å². The topological polar surface area (TPSA) is 67.8 Å². The zero-order chi connectivity index (χ0) is 17.2. The van der Waals surface area contributed by atoms with Crippen LogP contribution in [0.4, 0.5) is 5.95 Å². The normalized spacial score (nSPS) is 16.7. The Kier molecular flexibility index (Phi) is 4.23. The SMILES string of the molecule is COc1ccc(C(=O)N2Cc3cnc(N4CCOCC4)nc3C2)cc1. The van der Waals surface area contributed by atoms with Gasteiger partial charge in [0.25, 0.3) is 5.91 Å². The lowest BCUT2D eigenvalue weighted by molar-refractivity contribution is 0.0750. The maximum Gasteiger partial charge on any atom is 0.254 e. The number of hydrogen-bond donors (Lipinski definition) is 0. The van der Waals surface area contributed by atoms with Gasteiger partial charge in [-0.3, -0.25) is 4.79 Å². The van der Waals surface area contributed by atoms with Crippen molar-refractivity contribution in [3.05, 3.63) is 47.3 Å². The number of benzene rings is 1. The second-order valence-corrected chi connectivity index (χ2v) is 6.13. The molecule has 0 N–H and O–H groups in total. The van der Waals surface area contributed by atoms with Crippen LogP contribution in [0, 0.1) is 0 Å². The summed E-state index contributed by atoms with van der Waals surface area (Å²) >= 11 is 0. The van der Waals surface area contributed by atoms with E-state index in [9.17, 15) is 4.79 Å². The highest BCUT2D eigenvalue weighted by atomic mass is 16.5. The van der Waals surface area contributed by atoms with E-state index in [2.05, 4.69) is 14.9 Å². The lowest BCUT2D eigenvalue weighted by Crippen LogP contribution is -2.37. The summed E-state index contributed by atoms with van der Waals surface area (Å²) in [5.74, 6) is 1.46. The summed E-state index contributed by atoms with van der Waals surface area (Å²) in [6, 6.07) is 7.17. The number of carbonyl (C=O) groups is 1. The zero-order valence-corrected chi connectivity index (χ0v) is 14.1. The third-order valence-electron chi connectivity index (χ3n) is 4.56. The first kappa shape index (κ1) is 15.8. The molecule has 2 aliphatic rings. The Balaban J connectivity index is 1.49. The minimum atomic E-state index is -0.00595. The van der Waals surface area contributed by atoms with Crippen molar-refractivity contribution >= 4 is 11.9 Å². The molecule has 1 aromatic carbocycles. The molecular formula is C18H20N4O3. The fourth-order valence-electron chi connectivity index (χ4n) is 3.12. The van der Waals surface area contributed by atoms with Crippen molar-refractivity contribution in [1.82, 2.24) is 14.9 Å². The van der Waals surface area contributed by atoms with Gasteiger partial charge in [-0.25, -0.2) is 9.97 Å². The van der Waals surface area contributed by atoms with E-state index in [1.807, 2.05) is 6.20 Å². The highest BCUT2D eigenvalue weighted by molar-refractivity contribution is 5.94. The third-order valence-corrected chi connectivity index (χ3v) is 4.56. The van der Waals surface area contributed by atoms with Crippen LogP contribution in [0.15, 0.2) is 30.5 Å². The maximum atomic E-state index is 12.7. The Morgan fingerprint density at radius 3 is 2.64 bits per heavy atom. The summed E-state index contributed by atoms with van der Waals surface area (Å²) in [4.78, 5) is 25.8. The highest BCUT2D eigenvalue weighted by Crippen LogP contribution is 2.25. The second-order valence-electron chi connectivity index (χ2n) is 6.13. The number of morpholine rings is 1. The van der Waals surface area contributed by atoms with Crippen molar-refractivity contribution < 1.29 is 14.3 Å². The van der Waals surface area contributed by atoms with E-state index in [0.717, 1.165) is 36.0 Å². The Morgan fingerprint density at radius 2 is 1.92 bits per heavy atom. The Morgan fingerprint density at radius 1 is 1.16 bits per heavy atom. The molecule has 7 heteroatoms. The molecule has 0 spiro atoms. The Hall–Kier alpha value is -2.67. The van der Waals surface area contributed by atoms with Crippen LogP contribution in [0.3, 0.4) is 0 Å². The van der Waals surface area contributed by atoms with Crippen molar-refractivity contribution in [2.45, 2.75) is 13.1 Å². The number of aromatic nitrogens is 2. The van der Waals surface area contributed by atoms with Crippen LogP contribution >= 0.6 is 0 Å². The molecule has 2 aliphatic heterocycles. The van der Waals surface area contributed by atoms with Gasteiger partial charge in [-0.05, 0) is 24.3 Å². The van der Waals surface area contributed by atoms with Gasteiger partial charge in [-0.2, -0.15) is 0 Å². The predicted octanol–water partition coefficient (Wildman–Crippen LogP) is 1.48. The number of anilines is 1. The van der Waals surface area contributed by atoms with Crippen molar-refractivity contribution in [2.75, 3.05) is 38.3 Å². The van der Waals surface area contributed by atoms with Gasteiger partial charge >= 0.3 is 0 Å². The molecule has 25 heavy (non-hydrogen) atoms. The number of ether oxygens (including phenoxy) is 2. The highest BCUT2D eigenvalue weighted by Gasteiger charge is 2.27. The molecule has 3 heterocycles. The quantitative estimate of drug-likeness (QED) is 0.843. The van der Waals surface area contributed by atoms with Gasteiger partial charge in [0.1, 0.15) is 5.75 Å². The molecule has 0 saturated carbocycles. The average Bonchev–Trinajstić information content (AvgIpc) is 3.11. The zero-order valence-electron chi connectivity index (χ0n) is 14.1. The van der Waals surface area contributed by atoms with Crippen LogP contribution in [0.5, 0.6) is 5.75 Å². The first-order valence-corrected chi connectivity index (χ1v) is 8.35. The van der Waals surface area contributed by atoms with Crippen LogP contribution in [0.25, 0.3) is 0 Å².